The largest absolute Gasteiger partial charge is 0.382 e. The molecule has 3 N–H and O–H groups in total. The van der Waals surface area contributed by atoms with Crippen molar-refractivity contribution in [1.29, 1.82) is 0 Å². The summed E-state index contributed by atoms with van der Waals surface area (Å²) in [5, 5.41) is 16.0. The number of hydrogen-bond acceptors (Lipinski definition) is 8. The van der Waals surface area contributed by atoms with Gasteiger partial charge in [-0.1, -0.05) is 6.92 Å². The summed E-state index contributed by atoms with van der Waals surface area (Å²) < 4.78 is 28.9. The van der Waals surface area contributed by atoms with Crippen LogP contribution in [0.25, 0.3) is 16.8 Å². The summed E-state index contributed by atoms with van der Waals surface area (Å²) in [7, 11) is 3.43. The minimum Gasteiger partial charge on any atom is -0.382 e. The molecular formula is C24H34F2N8O. The SMILES string of the molecule is CCC(F)F.CN=Nc1ccc(-c2ccn3nc(NC4CCC(C)(OC)CC4)nc(N)c23)nc1C. The number of nitrogens with zero attached hydrogens (tertiary/aromatic N) is 6. The zero-order valence-electron chi connectivity index (χ0n) is 20.9. The highest BCUT2D eigenvalue weighted by Crippen LogP contribution is 2.33. The number of methoxy groups -OCH3 is 1. The Hall–Kier alpha value is -3.21. The number of aryl methyl sites for hydroxylation is 1. The van der Waals surface area contributed by atoms with Gasteiger partial charge in [0.1, 0.15) is 11.2 Å². The first kappa shape index (κ1) is 26.4. The smallest absolute Gasteiger partial charge is 0.243 e. The van der Waals surface area contributed by atoms with Crippen LogP contribution < -0.4 is 11.1 Å². The lowest BCUT2D eigenvalue weighted by Crippen LogP contribution is -2.37. The van der Waals surface area contributed by atoms with Crippen LogP contribution in [0, 0.1) is 6.92 Å². The first-order valence-corrected chi connectivity index (χ1v) is 11.7. The molecule has 1 aliphatic carbocycles. The Balaban J connectivity index is 0.000000623. The maximum Gasteiger partial charge on any atom is 0.243 e. The molecule has 0 atom stereocenters. The minimum absolute atomic E-state index is 0.0278. The number of anilines is 2. The van der Waals surface area contributed by atoms with Crippen molar-refractivity contribution in [3.63, 3.8) is 0 Å². The maximum atomic E-state index is 10.8. The third kappa shape index (κ3) is 6.47. The molecule has 0 radical (unpaired) electrons. The summed E-state index contributed by atoms with van der Waals surface area (Å²) in [6, 6.07) is 6.08. The molecule has 0 amide bonds. The average molecular weight is 489 g/mol. The van der Waals surface area contributed by atoms with Gasteiger partial charge in [-0.3, -0.25) is 4.98 Å². The standard InChI is InChI=1S/C21H28N8O.C3H6F2/c1-13-16(27-23-3)5-6-17(24-13)15-9-12-29-18(15)19(22)26-20(28-29)25-14-7-10-21(2,30-4)11-8-14;1-2-3(4)5/h5-6,9,12,14H,7-8,10-11H2,1-4H3,(H3,22,25,26,28);3H,2H2,1H3. The van der Waals surface area contributed by atoms with Gasteiger partial charge in [-0.2, -0.15) is 15.2 Å². The van der Waals surface area contributed by atoms with Gasteiger partial charge >= 0.3 is 0 Å². The van der Waals surface area contributed by atoms with E-state index >= 15 is 0 Å². The summed E-state index contributed by atoms with van der Waals surface area (Å²) in [4.78, 5) is 9.18. The topological polar surface area (TPSA) is 115 Å². The number of aromatic nitrogens is 4. The van der Waals surface area contributed by atoms with E-state index in [9.17, 15) is 8.78 Å². The highest BCUT2D eigenvalue weighted by atomic mass is 19.3. The zero-order valence-corrected chi connectivity index (χ0v) is 20.9. The summed E-state index contributed by atoms with van der Waals surface area (Å²) in [6.07, 6.45) is 3.76. The molecule has 0 spiro atoms. The van der Waals surface area contributed by atoms with Gasteiger partial charge in [0.05, 0.1) is 17.0 Å². The van der Waals surface area contributed by atoms with Crippen LogP contribution in [-0.4, -0.2) is 51.8 Å². The Labute approximate surface area is 204 Å². The number of halogens is 2. The predicted molar refractivity (Wildman–Crippen MR) is 133 cm³/mol. The lowest BCUT2D eigenvalue weighted by molar-refractivity contribution is -0.0253. The fourth-order valence-corrected chi connectivity index (χ4v) is 4.00. The second kappa shape index (κ2) is 11.5. The van der Waals surface area contributed by atoms with Crippen molar-refractivity contribution in [2.45, 2.75) is 70.9 Å². The fraction of sp³-hybridized carbons (Fsp3) is 0.542. The average Bonchev–Trinajstić information content (AvgIpc) is 3.27. The monoisotopic (exact) mass is 488 g/mol. The Morgan fingerprint density at radius 1 is 1.26 bits per heavy atom. The Kier molecular flexibility index (Phi) is 8.66. The highest BCUT2D eigenvalue weighted by molar-refractivity contribution is 5.86. The van der Waals surface area contributed by atoms with E-state index < -0.39 is 6.43 Å². The lowest BCUT2D eigenvalue weighted by Gasteiger charge is -2.36. The van der Waals surface area contributed by atoms with Crippen molar-refractivity contribution in [3.8, 4) is 11.3 Å². The molecule has 0 saturated heterocycles. The number of nitrogens with two attached hydrogens (primary N) is 1. The summed E-state index contributed by atoms with van der Waals surface area (Å²) in [5.74, 6) is 0.956. The quantitative estimate of drug-likeness (QED) is 0.423. The van der Waals surface area contributed by atoms with Crippen LogP contribution in [0.3, 0.4) is 0 Å². The Bertz CT molecular complexity index is 1160. The molecule has 1 fully saturated rings. The molecule has 190 valence electrons. The van der Waals surface area contributed by atoms with Gasteiger partial charge < -0.3 is 15.8 Å². The first-order valence-electron chi connectivity index (χ1n) is 11.7. The van der Waals surface area contributed by atoms with E-state index in [1.807, 2.05) is 31.3 Å². The fourth-order valence-electron chi connectivity index (χ4n) is 4.00. The van der Waals surface area contributed by atoms with E-state index in [4.69, 9.17) is 10.5 Å². The van der Waals surface area contributed by atoms with Crippen molar-refractivity contribution in [2.75, 3.05) is 25.2 Å². The zero-order chi connectivity index (χ0) is 25.6. The number of pyridine rings is 1. The lowest BCUT2D eigenvalue weighted by atomic mass is 9.83. The minimum atomic E-state index is -2.12. The summed E-state index contributed by atoms with van der Waals surface area (Å²) >= 11 is 0. The van der Waals surface area contributed by atoms with Crippen molar-refractivity contribution in [1.82, 2.24) is 19.6 Å². The van der Waals surface area contributed by atoms with E-state index in [1.165, 1.54) is 6.92 Å². The first-order chi connectivity index (χ1) is 16.7. The number of nitrogens with one attached hydrogen (secondary N) is 1. The molecule has 11 heteroatoms. The number of hydrogen-bond donors (Lipinski definition) is 2. The molecule has 0 bridgehead atoms. The molecular weight excluding hydrogens is 454 g/mol. The van der Waals surface area contributed by atoms with Gasteiger partial charge in [0.2, 0.25) is 12.4 Å². The third-order valence-electron chi connectivity index (χ3n) is 6.26. The van der Waals surface area contributed by atoms with Crippen LogP contribution in [0.2, 0.25) is 0 Å². The Morgan fingerprint density at radius 3 is 2.51 bits per heavy atom. The van der Waals surface area contributed by atoms with E-state index in [2.05, 4.69) is 37.5 Å². The molecule has 3 aromatic heterocycles. The number of ether oxygens (including phenoxy) is 1. The number of fused-ring (bicyclic) bond motifs is 1. The van der Waals surface area contributed by atoms with E-state index in [0.717, 1.165) is 53.8 Å². The normalized spacial score (nSPS) is 20.3. The van der Waals surface area contributed by atoms with Crippen molar-refractivity contribution >= 4 is 23.0 Å². The molecule has 4 rings (SSSR count). The van der Waals surface area contributed by atoms with E-state index in [1.54, 1.807) is 18.7 Å². The number of rotatable bonds is 6. The van der Waals surface area contributed by atoms with Crippen LogP contribution >= 0.6 is 0 Å². The Morgan fingerprint density at radius 2 is 1.94 bits per heavy atom. The molecule has 1 saturated carbocycles. The molecule has 35 heavy (non-hydrogen) atoms. The molecule has 0 aromatic carbocycles. The molecule has 3 aromatic rings. The summed E-state index contributed by atoms with van der Waals surface area (Å²) in [6.45, 7) is 5.52. The second-order valence-electron chi connectivity index (χ2n) is 8.82. The molecule has 9 nitrogen and oxygen atoms in total. The van der Waals surface area contributed by atoms with Crippen molar-refractivity contribution < 1.29 is 13.5 Å². The van der Waals surface area contributed by atoms with Gasteiger partial charge in [-0.05, 0) is 57.7 Å². The van der Waals surface area contributed by atoms with Crippen LogP contribution in [0.4, 0.5) is 26.2 Å². The number of azo groups is 1. The van der Waals surface area contributed by atoms with Crippen LogP contribution in [0.1, 0.15) is 51.6 Å². The van der Waals surface area contributed by atoms with Gasteiger partial charge in [0.15, 0.2) is 5.82 Å². The third-order valence-corrected chi connectivity index (χ3v) is 6.26. The second-order valence-corrected chi connectivity index (χ2v) is 8.82. The summed E-state index contributed by atoms with van der Waals surface area (Å²) in [5.41, 5.74) is 10.3. The highest BCUT2D eigenvalue weighted by Gasteiger charge is 2.31. The van der Waals surface area contributed by atoms with Crippen LogP contribution in [-0.2, 0) is 4.74 Å². The number of nitrogen functional groups attached to an aromatic ring is 1. The van der Waals surface area contributed by atoms with Gasteiger partial charge in [0.25, 0.3) is 0 Å². The van der Waals surface area contributed by atoms with Gasteiger partial charge in [-0.15, -0.1) is 5.10 Å². The molecule has 0 aliphatic heterocycles. The van der Waals surface area contributed by atoms with E-state index in [-0.39, 0.29) is 12.0 Å². The number of alkyl halides is 2. The van der Waals surface area contributed by atoms with Gasteiger partial charge in [-0.25, -0.2) is 13.3 Å². The molecule has 0 unspecified atom stereocenters. The van der Waals surface area contributed by atoms with Crippen molar-refractivity contribution in [3.05, 3.63) is 30.1 Å². The van der Waals surface area contributed by atoms with E-state index in [0.29, 0.717) is 17.8 Å². The van der Waals surface area contributed by atoms with Crippen molar-refractivity contribution in [2.24, 2.45) is 10.2 Å². The molecule has 3 heterocycles. The van der Waals surface area contributed by atoms with Crippen LogP contribution in [0.5, 0.6) is 0 Å². The van der Waals surface area contributed by atoms with Gasteiger partial charge in [0, 0.05) is 38.4 Å². The predicted octanol–water partition coefficient (Wildman–Crippen LogP) is 5.82. The van der Waals surface area contributed by atoms with Crippen LogP contribution in [0.15, 0.2) is 34.6 Å². The molecule has 1 aliphatic rings. The maximum absolute atomic E-state index is 10.8.